The quantitative estimate of drug-likeness (QED) is 0.830. The van der Waals surface area contributed by atoms with Crippen molar-refractivity contribution in [1.29, 1.82) is 0 Å². The molecule has 1 aromatic carbocycles. The number of aryl methyl sites for hydroxylation is 1. The largest absolute Gasteiger partial charge is 0.422 e. The zero-order valence-electron chi connectivity index (χ0n) is 12.8. The maximum atomic E-state index is 12.5. The molecule has 1 fully saturated rings. The fourth-order valence-corrected chi connectivity index (χ4v) is 2.99. The highest BCUT2D eigenvalue weighted by Gasteiger charge is 2.26. The molecular weight excluding hydrogens is 280 g/mol. The fourth-order valence-electron chi connectivity index (χ4n) is 2.99. The van der Waals surface area contributed by atoms with Crippen LogP contribution in [0, 0.1) is 12.8 Å². The van der Waals surface area contributed by atoms with Crippen molar-refractivity contribution in [2.24, 2.45) is 5.92 Å². The minimum absolute atomic E-state index is 0.0338. The normalized spacial score (nSPS) is 21.7. The minimum atomic E-state index is -0.579. The van der Waals surface area contributed by atoms with Gasteiger partial charge in [0.05, 0.1) is 0 Å². The first-order valence-corrected chi connectivity index (χ1v) is 7.62. The van der Waals surface area contributed by atoms with Gasteiger partial charge < -0.3 is 15.1 Å². The molecule has 5 heteroatoms. The maximum absolute atomic E-state index is 12.5. The number of rotatable bonds is 2. The average molecular weight is 300 g/mol. The molecule has 0 spiro atoms. The molecule has 3 rings (SSSR count). The second-order valence-electron chi connectivity index (χ2n) is 5.94. The first-order valence-electron chi connectivity index (χ1n) is 7.62. The van der Waals surface area contributed by atoms with Crippen LogP contribution < -0.4 is 16.3 Å². The Morgan fingerprint density at radius 2 is 2.14 bits per heavy atom. The molecule has 1 aromatic heterocycles. The van der Waals surface area contributed by atoms with E-state index in [0.717, 1.165) is 24.9 Å². The van der Waals surface area contributed by atoms with Gasteiger partial charge in [-0.15, -0.1) is 0 Å². The zero-order valence-corrected chi connectivity index (χ0v) is 12.8. The Labute approximate surface area is 128 Å². The monoisotopic (exact) mass is 300 g/mol. The molecule has 0 radical (unpaired) electrons. The van der Waals surface area contributed by atoms with Crippen molar-refractivity contribution in [1.82, 2.24) is 10.6 Å². The number of para-hydroxylation sites is 1. The molecule has 1 aliphatic rings. The second kappa shape index (κ2) is 5.93. The van der Waals surface area contributed by atoms with Gasteiger partial charge in [0.15, 0.2) is 0 Å². The third-order valence-electron chi connectivity index (χ3n) is 4.44. The van der Waals surface area contributed by atoms with Crippen LogP contribution in [0.15, 0.2) is 33.5 Å². The summed E-state index contributed by atoms with van der Waals surface area (Å²) < 4.78 is 5.28. The van der Waals surface area contributed by atoms with Crippen molar-refractivity contribution in [2.45, 2.75) is 26.3 Å². The number of hydrogen-bond acceptors (Lipinski definition) is 4. The summed E-state index contributed by atoms with van der Waals surface area (Å²) in [6.07, 6.45) is 1.01. The number of amides is 1. The van der Waals surface area contributed by atoms with Gasteiger partial charge in [0.25, 0.3) is 5.91 Å². The Balaban J connectivity index is 1.95. The molecule has 0 bridgehead atoms. The lowest BCUT2D eigenvalue weighted by Gasteiger charge is -2.30. The molecule has 0 saturated carbocycles. The van der Waals surface area contributed by atoms with Crippen LogP contribution in [0.1, 0.15) is 29.3 Å². The van der Waals surface area contributed by atoms with E-state index in [1.54, 1.807) is 19.1 Å². The van der Waals surface area contributed by atoms with E-state index in [1.165, 1.54) is 0 Å². The summed E-state index contributed by atoms with van der Waals surface area (Å²) in [6, 6.07) is 7.30. The SMILES string of the molecule is Cc1c(C(=O)NC2CNCCC2C)c(=O)oc2ccccc12. The van der Waals surface area contributed by atoms with Gasteiger partial charge in [-0.2, -0.15) is 0 Å². The standard InChI is InChI=1S/C17H20N2O3/c1-10-7-8-18-9-13(10)19-16(20)15-11(2)12-5-3-4-6-14(12)22-17(15)21/h3-6,10,13,18H,7-9H2,1-2H3,(H,19,20). The summed E-state index contributed by atoms with van der Waals surface area (Å²) in [5.41, 5.74) is 0.705. The Morgan fingerprint density at radius 1 is 1.36 bits per heavy atom. The van der Waals surface area contributed by atoms with Crippen molar-refractivity contribution < 1.29 is 9.21 Å². The van der Waals surface area contributed by atoms with Gasteiger partial charge in [-0.05, 0) is 37.4 Å². The van der Waals surface area contributed by atoms with Crippen LogP contribution in [-0.2, 0) is 0 Å². The summed E-state index contributed by atoms with van der Waals surface area (Å²) in [6.45, 7) is 5.59. The minimum Gasteiger partial charge on any atom is -0.422 e. The van der Waals surface area contributed by atoms with Crippen molar-refractivity contribution in [2.75, 3.05) is 13.1 Å². The number of carbonyl (C=O) groups is 1. The number of hydrogen-bond donors (Lipinski definition) is 2. The summed E-state index contributed by atoms with van der Waals surface area (Å²) in [5.74, 6) is 0.0376. The first-order chi connectivity index (χ1) is 10.6. The molecule has 2 N–H and O–H groups in total. The van der Waals surface area contributed by atoms with E-state index in [-0.39, 0.29) is 17.5 Å². The molecule has 2 unspecified atom stereocenters. The summed E-state index contributed by atoms with van der Waals surface area (Å²) in [4.78, 5) is 24.7. The van der Waals surface area contributed by atoms with Gasteiger partial charge in [0, 0.05) is 18.0 Å². The Hall–Kier alpha value is -2.14. The second-order valence-corrected chi connectivity index (χ2v) is 5.94. The summed E-state index contributed by atoms with van der Waals surface area (Å²) >= 11 is 0. The third kappa shape index (κ3) is 2.64. The summed E-state index contributed by atoms with van der Waals surface area (Å²) in [5, 5.41) is 7.03. The Kier molecular flexibility index (Phi) is 3.98. The van der Waals surface area contributed by atoms with Crippen LogP contribution in [-0.4, -0.2) is 25.0 Å². The van der Waals surface area contributed by atoms with Gasteiger partial charge >= 0.3 is 5.63 Å². The third-order valence-corrected chi connectivity index (χ3v) is 4.44. The summed E-state index contributed by atoms with van der Waals surface area (Å²) in [7, 11) is 0. The number of benzene rings is 1. The van der Waals surface area contributed by atoms with Crippen molar-refractivity contribution >= 4 is 16.9 Å². The van der Waals surface area contributed by atoms with E-state index < -0.39 is 5.63 Å². The first kappa shape index (κ1) is 14.8. The van der Waals surface area contributed by atoms with Gasteiger partial charge in [-0.25, -0.2) is 4.79 Å². The molecule has 2 aromatic rings. The molecule has 116 valence electrons. The van der Waals surface area contributed by atoms with Crippen LogP contribution >= 0.6 is 0 Å². The van der Waals surface area contributed by atoms with E-state index >= 15 is 0 Å². The Bertz CT molecular complexity index is 766. The highest BCUT2D eigenvalue weighted by molar-refractivity contribution is 5.99. The number of piperidine rings is 1. The maximum Gasteiger partial charge on any atom is 0.349 e. The highest BCUT2D eigenvalue weighted by Crippen LogP contribution is 2.19. The van der Waals surface area contributed by atoms with Crippen molar-refractivity contribution in [3.63, 3.8) is 0 Å². The predicted octanol–water partition coefficient (Wildman–Crippen LogP) is 1.83. The average Bonchev–Trinajstić information content (AvgIpc) is 2.49. The van der Waals surface area contributed by atoms with E-state index in [4.69, 9.17) is 4.42 Å². The molecule has 5 nitrogen and oxygen atoms in total. The van der Waals surface area contributed by atoms with Gasteiger partial charge in [-0.3, -0.25) is 4.79 Å². The van der Waals surface area contributed by atoms with Gasteiger partial charge in [0.1, 0.15) is 11.1 Å². The molecule has 1 amide bonds. The number of carbonyl (C=O) groups excluding carboxylic acids is 1. The van der Waals surface area contributed by atoms with Crippen molar-refractivity contribution in [3.05, 3.63) is 45.8 Å². The van der Waals surface area contributed by atoms with E-state index in [0.29, 0.717) is 17.1 Å². The molecule has 2 atom stereocenters. The van der Waals surface area contributed by atoms with Gasteiger partial charge in [0.2, 0.25) is 0 Å². The van der Waals surface area contributed by atoms with Crippen LogP contribution in [0.3, 0.4) is 0 Å². The lowest BCUT2D eigenvalue weighted by atomic mass is 9.94. The smallest absolute Gasteiger partial charge is 0.349 e. The molecule has 1 aliphatic heterocycles. The Morgan fingerprint density at radius 3 is 2.91 bits per heavy atom. The van der Waals surface area contributed by atoms with E-state index in [2.05, 4.69) is 17.6 Å². The zero-order chi connectivity index (χ0) is 15.7. The number of nitrogens with one attached hydrogen (secondary N) is 2. The lowest BCUT2D eigenvalue weighted by Crippen LogP contribution is -2.50. The lowest BCUT2D eigenvalue weighted by molar-refractivity contribution is 0.0911. The van der Waals surface area contributed by atoms with Crippen LogP contribution in [0.25, 0.3) is 11.0 Å². The van der Waals surface area contributed by atoms with Crippen molar-refractivity contribution in [3.8, 4) is 0 Å². The molecule has 1 saturated heterocycles. The predicted molar refractivity (Wildman–Crippen MR) is 85.1 cm³/mol. The van der Waals surface area contributed by atoms with Crippen LogP contribution in [0.4, 0.5) is 0 Å². The van der Waals surface area contributed by atoms with Gasteiger partial charge in [-0.1, -0.05) is 25.1 Å². The van der Waals surface area contributed by atoms with Crippen LogP contribution in [0.5, 0.6) is 0 Å². The highest BCUT2D eigenvalue weighted by atomic mass is 16.4. The molecular formula is C17H20N2O3. The topological polar surface area (TPSA) is 71.3 Å². The molecule has 0 aliphatic carbocycles. The van der Waals surface area contributed by atoms with E-state index in [9.17, 15) is 9.59 Å². The number of fused-ring (bicyclic) bond motifs is 1. The molecule has 22 heavy (non-hydrogen) atoms. The molecule has 2 heterocycles. The fraction of sp³-hybridized carbons (Fsp3) is 0.412. The van der Waals surface area contributed by atoms with Crippen LogP contribution in [0.2, 0.25) is 0 Å². The van der Waals surface area contributed by atoms with E-state index in [1.807, 2.05) is 12.1 Å².